The molecule has 0 unspecified atom stereocenters. The molecule has 9 heteroatoms. The van der Waals surface area contributed by atoms with Gasteiger partial charge in [0, 0.05) is 0 Å². The average Bonchev–Trinajstić information content (AvgIpc) is 2.68. The first-order valence-electron chi connectivity index (χ1n) is 9.01. The van der Waals surface area contributed by atoms with Gasteiger partial charge in [0.15, 0.2) is 0 Å². The molecule has 154 valence electrons. The Morgan fingerprint density at radius 3 is 2.29 bits per heavy atom. The molecule has 0 spiro atoms. The van der Waals surface area contributed by atoms with E-state index in [1.807, 2.05) is 25.1 Å². The second-order valence-electron chi connectivity index (χ2n) is 6.41. The van der Waals surface area contributed by atoms with Crippen molar-refractivity contribution in [2.45, 2.75) is 45.9 Å². The first-order valence-corrected chi connectivity index (χ1v) is 9.01. The van der Waals surface area contributed by atoms with Gasteiger partial charge in [0.25, 0.3) is 0 Å². The van der Waals surface area contributed by atoms with Crippen molar-refractivity contribution in [2.24, 2.45) is 5.92 Å². The maximum Gasteiger partial charge on any atom is 0.407 e. The highest BCUT2D eigenvalue weighted by Gasteiger charge is 2.28. The molecule has 0 aromatic heterocycles. The number of carboxylic acids is 1. The molecule has 0 aliphatic carbocycles. The first-order chi connectivity index (χ1) is 13.2. The molecule has 0 saturated heterocycles. The molecule has 9 nitrogen and oxygen atoms in total. The highest BCUT2D eigenvalue weighted by molar-refractivity contribution is 5.91. The zero-order valence-corrected chi connectivity index (χ0v) is 16.2. The fraction of sp³-hybridized carbons (Fsp3) is 0.474. The van der Waals surface area contributed by atoms with Crippen LogP contribution < -0.4 is 16.0 Å². The maximum absolute atomic E-state index is 12.3. The van der Waals surface area contributed by atoms with Crippen LogP contribution in [0.1, 0.15) is 32.8 Å². The van der Waals surface area contributed by atoms with E-state index in [0.717, 1.165) is 5.56 Å². The summed E-state index contributed by atoms with van der Waals surface area (Å²) < 4.78 is 5.00. The Kier molecular flexibility index (Phi) is 9.49. The van der Waals surface area contributed by atoms with Gasteiger partial charge in [0.2, 0.25) is 11.8 Å². The van der Waals surface area contributed by atoms with Crippen molar-refractivity contribution in [3.8, 4) is 0 Å². The molecule has 0 fully saturated rings. The Balaban J connectivity index is 2.50. The summed E-state index contributed by atoms with van der Waals surface area (Å²) in [5, 5.41) is 16.1. The monoisotopic (exact) mass is 393 g/mol. The molecule has 3 amide bonds. The summed E-state index contributed by atoms with van der Waals surface area (Å²) in [4.78, 5) is 47.0. The van der Waals surface area contributed by atoms with E-state index in [9.17, 15) is 19.2 Å². The van der Waals surface area contributed by atoms with Crippen LogP contribution in [-0.2, 0) is 25.7 Å². The SMILES string of the molecule is CC[C@H](C)[C@H](NC(=O)CNC(=O)OCc1ccccc1)C(=O)N[C@@H](C)C(=O)O. The van der Waals surface area contributed by atoms with Gasteiger partial charge in [-0.25, -0.2) is 4.79 Å². The molecule has 28 heavy (non-hydrogen) atoms. The molecule has 0 radical (unpaired) electrons. The van der Waals surface area contributed by atoms with Gasteiger partial charge in [-0.15, -0.1) is 0 Å². The third-order valence-corrected chi connectivity index (χ3v) is 4.15. The fourth-order valence-corrected chi connectivity index (χ4v) is 2.22. The van der Waals surface area contributed by atoms with E-state index in [1.165, 1.54) is 6.92 Å². The zero-order valence-electron chi connectivity index (χ0n) is 16.2. The number of nitrogens with one attached hydrogen (secondary N) is 3. The van der Waals surface area contributed by atoms with Gasteiger partial charge in [0.1, 0.15) is 25.2 Å². The normalized spacial score (nSPS) is 13.5. The zero-order chi connectivity index (χ0) is 21.1. The number of hydrogen-bond donors (Lipinski definition) is 4. The second-order valence-corrected chi connectivity index (χ2v) is 6.41. The maximum atomic E-state index is 12.3. The third-order valence-electron chi connectivity index (χ3n) is 4.15. The van der Waals surface area contributed by atoms with Crippen molar-refractivity contribution < 1.29 is 29.0 Å². The van der Waals surface area contributed by atoms with E-state index in [4.69, 9.17) is 9.84 Å². The van der Waals surface area contributed by atoms with Crippen LogP contribution in [0.4, 0.5) is 4.79 Å². The minimum absolute atomic E-state index is 0.0687. The van der Waals surface area contributed by atoms with Crippen molar-refractivity contribution in [2.75, 3.05) is 6.54 Å². The summed E-state index contributed by atoms with van der Waals surface area (Å²) >= 11 is 0. The average molecular weight is 393 g/mol. The lowest BCUT2D eigenvalue weighted by atomic mass is 9.98. The van der Waals surface area contributed by atoms with Crippen LogP contribution in [-0.4, -0.2) is 47.6 Å². The van der Waals surface area contributed by atoms with Crippen molar-refractivity contribution in [1.82, 2.24) is 16.0 Å². The van der Waals surface area contributed by atoms with Gasteiger partial charge in [-0.1, -0.05) is 50.6 Å². The molecule has 0 bridgehead atoms. The molecule has 4 N–H and O–H groups in total. The number of hydrogen-bond acceptors (Lipinski definition) is 5. The summed E-state index contributed by atoms with van der Waals surface area (Å²) in [5.41, 5.74) is 0.808. The highest BCUT2D eigenvalue weighted by atomic mass is 16.5. The predicted octanol–water partition coefficient (Wildman–Crippen LogP) is 1.03. The molecule has 1 aromatic rings. The summed E-state index contributed by atoms with van der Waals surface area (Å²) in [6.07, 6.45) is -0.171. The number of carbonyl (C=O) groups is 4. The largest absolute Gasteiger partial charge is 0.480 e. The number of aliphatic carboxylic acids is 1. The van der Waals surface area contributed by atoms with Gasteiger partial charge >= 0.3 is 12.1 Å². The number of carboxylic acid groups (broad SMARTS) is 1. The summed E-state index contributed by atoms with van der Waals surface area (Å²) in [6, 6.07) is 7.07. The van der Waals surface area contributed by atoms with Crippen LogP contribution in [0.3, 0.4) is 0 Å². The second kappa shape index (κ2) is 11.6. The smallest absolute Gasteiger partial charge is 0.407 e. The van der Waals surface area contributed by atoms with Gasteiger partial charge in [0.05, 0.1) is 0 Å². The number of alkyl carbamates (subject to hydrolysis) is 1. The molecule has 0 heterocycles. The van der Waals surface area contributed by atoms with E-state index in [1.54, 1.807) is 19.1 Å². The molecular formula is C19H27N3O6. The highest BCUT2D eigenvalue weighted by Crippen LogP contribution is 2.08. The molecule has 0 aliphatic heterocycles. The van der Waals surface area contributed by atoms with Crippen LogP contribution in [0.25, 0.3) is 0 Å². The standard InChI is InChI=1S/C19H27N3O6/c1-4-12(2)16(17(24)21-13(3)18(25)26)22-15(23)10-20-19(27)28-11-14-8-6-5-7-9-14/h5-9,12-13,16H,4,10-11H2,1-3H3,(H,20,27)(H,21,24)(H,22,23)(H,25,26)/t12-,13-,16-/m0/s1. The Morgan fingerprint density at radius 2 is 1.71 bits per heavy atom. The predicted molar refractivity (Wildman–Crippen MR) is 101 cm³/mol. The Morgan fingerprint density at radius 1 is 1.07 bits per heavy atom. The summed E-state index contributed by atoms with van der Waals surface area (Å²) in [6.45, 7) is 4.63. The minimum atomic E-state index is -1.18. The van der Waals surface area contributed by atoms with Crippen molar-refractivity contribution >= 4 is 23.9 Å². The number of rotatable bonds is 10. The fourth-order valence-electron chi connectivity index (χ4n) is 2.22. The minimum Gasteiger partial charge on any atom is -0.480 e. The molecule has 0 aliphatic rings. The van der Waals surface area contributed by atoms with E-state index in [0.29, 0.717) is 6.42 Å². The molecule has 1 rings (SSSR count). The number of carbonyl (C=O) groups excluding carboxylic acids is 3. The molecule has 0 saturated carbocycles. The van der Waals surface area contributed by atoms with Gasteiger partial charge in [-0.2, -0.15) is 0 Å². The molecule has 1 aromatic carbocycles. The quantitative estimate of drug-likeness (QED) is 0.469. The lowest BCUT2D eigenvalue weighted by Crippen LogP contribution is -2.54. The lowest BCUT2D eigenvalue weighted by Gasteiger charge is -2.24. The van der Waals surface area contributed by atoms with Gasteiger partial charge in [-0.3, -0.25) is 14.4 Å². The first kappa shape index (κ1) is 22.9. The van der Waals surface area contributed by atoms with Gasteiger partial charge in [-0.05, 0) is 18.4 Å². The Labute approximate surface area is 163 Å². The van der Waals surface area contributed by atoms with Crippen LogP contribution >= 0.6 is 0 Å². The Bertz CT molecular complexity index is 680. The van der Waals surface area contributed by atoms with Crippen LogP contribution in [0.2, 0.25) is 0 Å². The van der Waals surface area contributed by atoms with Crippen LogP contribution in [0.15, 0.2) is 30.3 Å². The van der Waals surface area contributed by atoms with Crippen molar-refractivity contribution in [3.05, 3.63) is 35.9 Å². The summed E-state index contributed by atoms with van der Waals surface area (Å²) in [5.74, 6) is -2.58. The topological polar surface area (TPSA) is 134 Å². The van der Waals surface area contributed by atoms with E-state index in [-0.39, 0.29) is 19.1 Å². The molecular weight excluding hydrogens is 366 g/mol. The number of benzene rings is 1. The van der Waals surface area contributed by atoms with E-state index >= 15 is 0 Å². The third kappa shape index (κ3) is 8.07. The molecule has 3 atom stereocenters. The van der Waals surface area contributed by atoms with Crippen molar-refractivity contribution in [1.29, 1.82) is 0 Å². The van der Waals surface area contributed by atoms with E-state index in [2.05, 4.69) is 16.0 Å². The number of amides is 3. The number of ether oxygens (including phenoxy) is 1. The van der Waals surface area contributed by atoms with Crippen LogP contribution in [0.5, 0.6) is 0 Å². The van der Waals surface area contributed by atoms with Gasteiger partial charge < -0.3 is 25.8 Å². The lowest BCUT2D eigenvalue weighted by molar-refractivity contribution is -0.142. The van der Waals surface area contributed by atoms with Crippen LogP contribution in [0, 0.1) is 5.92 Å². The summed E-state index contributed by atoms with van der Waals surface area (Å²) in [7, 11) is 0. The Hall–Kier alpha value is -3.10. The van der Waals surface area contributed by atoms with Crippen molar-refractivity contribution in [3.63, 3.8) is 0 Å². The van der Waals surface area contributed by atoms with E-state index < -0.39 is 36.0 Å².